The highest BCUT2D eigenvalue weighted by atomic mass is 79.9. The number of thiophene rings is 1. The lowest BCUT2D eigenvalue weighted by molar-refractivity contribution is 0.0924. The number of hydrogen-bond donors (Lipinski definition) is 2. The number of aliphatic hydroxyl groups is 1. The van der Waals surface area contributed by atoms with E-state index in [4.69, 9.17) is 5.11 Å². The number of halogens is 2. The molecule has 0 spiro atoms. The lowest BCUT2D eigenvalue weighted by Gasteiger charge is -2.05. The van der Waals surface area contributed by atoms with Gasteiger partial charge in [0, 0.05) is 6.54 Å². The second-order valence-corrected chi connectivity index (χ2v) is 6.55. The summed E-state index contributed by atoms with van der Waals surface area (Å²) in [4.78, 5) is 11.5. The lowest BCUT2D eigenvalue weighted by Crippen LogP contribution is -2.30. The molecule has 0 aliphatic rings. The van der Waals surface area contributed by atoms with E-state index in [0.29, 0.717) is 5.56 Å². The number of aliphatic hydroxyl groups excluding tert-OH is 1. The first kappa shape index (κ1) is 12.2. The number of amides is 1. The molecule has 0 bridgehead atoms. The third kappa shape index (κ3) is 3.34. The first-order chi connectivity index (χ1) is 6.50. The summed E-state index contributed by atoms with van der Waals surface area (Å²) in [6.45, 7) is 1.89. The average Bonchev–Trinajstić information content (AvgIpc) is 2.41. The van der Waals surface area contributed by atoms with Crippen LogP contribution in [0.5, 0.6) is 0 Å². The number of hydrogen-bond acceptors (Lipinski definition) is 3. The van der Waals surface area contributed by atoms with Gasteiger partial charge in [-0.3, -0.25) is 4.79 Å². The van der Waals surface area contributed by atoms with Gasteiger partial charge in [0.05, 0.1) is 19.2 Å². The van der Waals surface area contributed by atoms with E-state index in [2.05, 4.69) is 37.2 Å². The molecule has 0 unspecified atom stereocenters. The molecule has 0 radical (unpaired) electrons. The van der Waals surface area contributed by atoms with Crippen molar-refractivity contribution in [2.75, 3.05) is 6.54 Å². The highest BCUT2D eigenvalue weighted by Gasteiger charge is 2.13. The van der Waals surface area contributed by atoms with Crippen LogP contribution >= 0.6 is 43.2 Å². The van der Waals surface area contributed by atoms with Crippen molar-refractivity contribution in [1.82, 2.24) is 5.32 Å². The molecular formula is C8H9Br2NO2S. The molecule has 0 saturated heterocycles. The summed E-state index contributed by atoms with van der Waals surface area (Å²) in [5.41, 5.74) is 0.586. The van der Waals surface area contributed by atoms with E-state index < -0.39 is 6.10 Å². The van der Waals surface area contributed by atoms with E-state index in [1.807, 2.05) is 0 Å². The van der Waals surface area contributed by atoms with Crippen LogP contribution in [0, 0.1) is 0 Å². The smallest absolute Gasteiger partial charge is 0.253 e. The van der Waals surface area contributed by atoms with Gasteiger partial charge in [-0.1, -0.05) is 0 Å². The predicted molar refractivity (Wildman–Crippen MR) is 63.7 cm³/mol. The monoisotopic (exact) mass is 341 g/mol. The highest BCUT2D eigenvalue weighted by Crippen LogP contribution is 2.31. The SMILES string of the molecule is C[C@@H](O)CNC(=O)c1cc(Br)sc1Br. The summed E-state index contributed by atoms with van der Waals surface area (Å²) in [6.07, 6.45) is -0.528. The van der Waals surface area contributed by atoms with Gasteiger partial charge in [0.1, 0.15) is 0 Å². The molecule has 0 aromatic carbocycles. The summed E-state index contributed by atoms with van der Waals surface area (Å²) in [5, 5.41) is 11.6. The Bertz CT molecular complexity index is 338. The molecule has 2 N–H and O–H groups in total. The van der Waals surface area contributed by atoms with Gasteiger partial charge in [-0.2, -0.15) is 0 Å². The van der Waals surface area contributed by atoms with Gasteiger partial charge >= 0.3 is 0 Å². The fraction of sp³-hybridized carbons (Fsp3) is 0.375. The molecule has 1 heterocycles. The van der Waals surface area contributed by atoms with Crippen LogP contribution in [0.4, 0.5) is 0 Å². The Morgan fingerprint density at radius 3 is 2.79 bits per heavy atom. The van der Waals surface area contributed by atoms with Crippen molar-refractivity contribution in [3.8, 4) is 0 Å². The Kier molecular flexibility index (Phi) is 4.56. The van der Waals surface area contributed by atoms with Gasteiger partial charge in [0.25, 0.3) is 5.91 Å². The first-order valence-corrected chi connectivity index (χ1v) is 6.32. The van der Waals surface area contributed by atoms with Gasteiger partial charge in [0.15, 0.2) is 0 Å². The maximum absolute atomic E-state index is 11.5. The van der Waals surface area contributed by atoms with Gasteiger partial charge in [-0.15, -0.1) is 11.3 Å². The quantitative estimate of drug-likeness (QED) is 0.886. The molecule has 1 aromatic heterocycles. The van der Waals surface area contributed by atoms with Crippen molar-refractivity contribution in [3.63, 3.8) is 0 Å². The van der Waals surface area contributed by atoms with Gasteiger partial charge in [-0.05, 0) is 44.8 Å². The summed E-state index contributed by atoms with van der Waals surface area (Å²) in [5.74, 6) is -0.181. The molecule has 1 amide bonds. The van der Waals surface area contributed by atoms with Crippen molar-refractivity contribution in [2.24, 2.45) is 0 Å². The molecule has 0 aliphatic carbocycles. The third-order valence-corrected chi connectivity index (χ3v) is 3.80. The maximum atomic E-state index is 11.5. The molecule has 0 aliphatic heterocycles. The van der Waals surface area contributed by atoms with Crippen LogP contribution in [0.25, 0.3) is 0 Å². The first-order valence-electron chi connectivity index (χ1n) is 3.92. The molecule has 78 valence electrons. The molecule has 1 atom stereocenters. The average molecular weight is 343 g/mol. The Balaban J connectivity index is 2.65. The summed E-state index contributed by atoms with van der Waals surface area (Å²) in [7, 11) is 0. The Labute approximate surface area is 103 Å². The Morgan fingerprint density at radius 1 is 1.71 bits per heavy atom. The van der Waals surface area contributed by atoms with Crippen LogP contribution in [0.1, 0.15) is 17.3 Å². The zero-order valence-electron chi connectivity index (χ0n) is 7.38. The van der Waals surface area contributed by atoms with Crippen LogP contribution in [-0.2, 0) is 0 Å². The van der Waals surface area contributed by atoms with E-state index in [0.717, 1.165) is 7.57 Å². The third-order valence-electron chi connectivity index (χ3n) is 1.46. The van der Waals surface area contributed by atoms with Crippen LogP contribution in [0.3, 0.4) is 0 Å². The normalized spacial score (nSPS) is 12.6. The zero-order valence-corrected chi connectivity index (χ0v) is 11.4. The van der Waals surface area contributed by atoms with Gasteiger partial charge in [-0.25, -0.2) is 0 Å². The fourth-order valence-electron chi connectivity index (χ4n) is 0.831. The molecule has 0 saturated carbocycles. The second-order valence-electron chi connectivity index (χ2n) is 2.80. The molecule has 1 aromatic rings. The zero-order chi connectivity index (χ0) is 10.7. The molecule has 6 heteroatoms. The van der Waals surface area contributed by atoms with Gasteiger partial charge in [0.2, 0.25) is 0 Å². The highest BCUT2D eigenvalue weighted by molar-refractivity contribution is 9.12. The minimum atomic E-state index is -0.528. The molecule has 1 rings (SSSR count). The molecule has 14 heavy (non-hydrogen) atoms. The van der Waals surface area contributed by atoms with E-state index in [1.165, 1.54) is 11.3 Å². The molecule has 0 fully saturated rings. The molecule has 3 nitrogen and oxygen atoms in total. The Hall–Kier alpha value is 0.0900. The van der Waals surface area contributed by atoms with Crippen molar-refractivity contribution in [1.29, 1.82) is 0 Å². The number of nitrogens with one attached hydrogen (secondary N) is 1. The number of carbonyl (C=O) groups excluding carboxylic acids is 1. The van der Waals surface area contributed by atoms with Gasteiger partial charge < -0.3 is 10.4 Å². The van der Waals surface area contributed by atoms with E-state index in [-0.39, 0.29) is 12.5 Å². The minimum absolute atomic E-state index is 0.181. The van der Waals surface area contributed by atoms with Crippen molar-refractivity contribution in [3.05, 3.63) is 19.2 Å². The van der Waals surface area contributed by atoms with Crippen LogP contribution in [-0.4, -0.2) is 23.7 Å². The van der Waals surface area contributed by atoms with E-state index in [1.54, 1.807) is 13.0 Å². The Morgan fingerprint density at radius 2 is 2.36 bits per heavy atom. The van der Waals surface area contributed by atoms with Crippen LogP contribution in [0.2, 0.25) is 0 Å². The van der Waals surface area contributed by atoms with Crippen LogP contribution < -0.4 is 5.32 Å². The van der Waals surface area contributed by atoms with Crippen molar-refractivity contribution in [2.45, 2.75) is 13.0 Å². The largest absolute Gasteiger partial charge is 0.392 e. The number of carbonyl (C=O) groups is 1. The second kappa shape index (κ2) is 5.25. The predicted octanol–water partition coefficient (Wildman–Crippen LogP) is 2.38. The standard InChI is InChI=1S/C8H9Br2NO2S/c1-4(12)3-11-8(13)5-2-6(9)14-7(5)10/h2,4,12H,3H2,1H3,(H,11,13)/t4-/m1/s1. The lowest BCUT2D eigenvalue weighted by atomic mass is 10.3. The van der Waals surface area contributed by atoms with Crippen LogP contribution in [0.15, 0.2) is 13.6 Å². The van der Waals surface area contributed by atoms with E-state index in [9.17, 15) is 4.79 Å². The summed E-state index contributed by atoms with van der Waals surface area (Å²) < 4.78 is 1.68. The maximum Gasteiger partial charge on any atom is 0.253 e. The summed E-state index contributed by atoms with van der Waals surface area (Å²) in [6, 6.07) is 1.74. The topological polar surface area (TPSA) is 49.3 Å². The van der Waals surface area contributed by atoms with Crippen molar-refractivity contribution >= 4 is 49.1 Å². The molecular weight excluding hydrogens is 334 g/mol. The number of rotatable bonds is 3. The summed E-state index contributed by atoms with van der Waals surface area (Å²) >= 11 is 8.02. The minimum Gasteiger partial charge on any atom is -0.392 e. The fourth-order valence-corrected chi connectivity index (χ4v) is 3.62. The van der Waals surface area contributed by atoms with Crippen molar-refractivity contribution < 1.29 is 9.90 Å². The van der Waals surface area contributed by atoms with E-state index >= 15 is 0 Å².